The Morgan fingerprint density at radius 1 is 0.611 bits per heavy atom. The van der Waals surface area contributed by atoms with E-state index in [9.17, 15) is 0 Å². The molecule has 0 atom stereocenters. The molecule has 0 unspecified atom stereocenters. The molecule has 0 aromatic carbocycles. The molecule has 0 aromatic heterocycles. The monoisotopic (exact) mass is 308 g/mol. The summed E-state index contributed by atoms with van der Waals surface area (Å²) in [5, 5.41) is 7.90. The van der Waals surface area contributed by atoms with Gasteiger partial charge in [0.25, 0.3) is 0 Å². The molecular formula is C15H36OSiTi. The second kappa shape index (κ2) is 5.02. The molecule has 0 saturated heterocycles. The molecule has 0 amide bonds. The molecule has 0 saturated carbocycles. The van der Waals surface area contributed by atoms with Gasteiger partial charge in [0.1, 0.15) is 0 Å². The summed E-state index contributed by atoms with van der Waals surface area (Å²) in [6.45, 7) is 21.5. The molecule has 0 aliphatic heterocycles. The maximum absolute atomic E-state index is 7.05. The molecule has 0 rings (SSSR count). The Kier molecular flexibility index (Phi) is 5.27. The van der Waals surface area contributed by atoms with Crippen LogP contribution in [0.2, 0.25) is 30.8 Å². The molecule has 0 radical (unpaired) electrons. The first-order chi connectivity index (χ1) is 7.46. The van der Waals surface area contributed by atoms with Gasteiger partial charge in [-0.25, -0.2) is 0 Å². The van der Waals surface area contributed by atoms with Crippen molar-refractivity contribution in [2.24, 2.45) is 0 Å². The SMILES string of the molecule is CC(C)(C)[Si]([O][Ti]([CH3])([CH3])[CH3])(C(C)(C)C)C(C)(C)C. The summed E-state index contributed by atoms with van der Waals surface area (Å²) in [5.41, 5.74) is 0. The van der Waals surface area contributed by atoms with Crippen molar-refractivity contribution in [2.45, 2.75) is 93.1 Å². The van der Waals surface area contributed by atoms with E-state index in [-0.39, 0.29) is 15.1 Å². The third-order valence-corrected chi connectivity index (χ3v) is 15.2. The summed E-state index contributed by atoms with van der Waals surface area (Å²) in [7, 11) is -1.95. The van der Waals surface area contributed by atoms with Gasteiger partial charge < -0.3 is 0 Å². The molecule has 0 aliphatic rings. The molecule has 110 valence electrons. The van der Waals surface area contributed by atoms with Crippen LogP contribution < -0.4 is 0 Å². The fraction of sp³-hybridized carbons (Fsp3) is 1.00. The van der Waals surface area contributed by atoms with Crippen LogP contribution in [-0.4, -0.2) is 8.32 Å². The molecule has 0 heterocycles. The number of hydrogen-bond acceptors (Lipinski definition) is 1. The van der Waals surface area contributed by atoms with E-state index in [1.807, 2.05) is 0 Å². The molecule has 0 N–H and O–H groups in total. The van der Waals surface area contributed by atoms with Crippen molar-refractivity contribution in [1.29, 1.82) is 0 Å². The Morgan fingerprint density at radius 3 is 0.889 bits per heavy atom. The van der Waals surface area contributed by atoms with Gasteiger partial charge in [-0.2, -0.15) is 0 Å². The summed E-state index contributed by atoms with van der Waals surface area (Å²) in [6, 6.07) is 0. The standard InChI is InChI=1S/C12H27OSi.3CH3.Ti/c1-10(2,3)14(13,11(4,5)6)12(7,8)9;;;;/h1-9H3;3*1H3;/q-1;;;;+1. The second-order valence-corrected chi connectivity index (χ2v) is 23.3. The van der Waals surface area contributed by atoms with Gasteiger partial charge in [-0.3, -0.25) is 0 Å². The summed E-state index contributed by atoms with van der Waals surface area (Å²) >= 11 is -2.08. The summed E-state index contributed by atoms with van der Waals surface area (Å²) in [6.07, 6.45) is 0. The van der Waals surface area contributed by atoms with E-state index in [2.05, 4.69) is 78.0 Å². The van der Waals surface area contributed by atoms with Crippen molar-refractivity contribution in [3.63, 3.8) is 0 Å². The van der Waals surface area contributed by atoms with Crippen LogP contribution in [0.4, 0.5) is 0 Å². The summed E-state index contributed by atoms with van der Waals surface area (Å²) in [5.74, 6) is 0. The molecule has 1 nitrogen and oxygen atoms in total. The van der Waals surface area contributed by atoms with E-state index in [4.69, 9.17) is 3.01 Å². The zero-order chi connectivity index (χ0) is 15.2. The van der Waals surface area contributed by atoms with Crippen LogP contribution in [0.25, 0.3) is 0 Å². The first kappa shape index (κ1) is 18.9. The maximum atomic E-state index is 7.05. The fourth-order valence-electron chi connectivity index (χ4n) is 4.29. The van der Waals surface area contributed by atoms with Crippen LogP contribution in [0.1, 0.15) is 62.3 Å². The predicted octanol–water partition coefficient (Wildman–Crippen LogP) is 6.56. The minimum atomic E-state index is -2.08. The topological polar surface area (TPSA) is 9.23 Å². The first-order valence-corrected chi connectivity index (χ1v) is 14.4. The summed E-state index contributed by atoms with van der Waals surface area (Å²) < 4.78 is 7.05. The Balaban J connectivity index is 6.10. The first-order valence-electron chi connectivity index (χ1n) is 7.16. The van der Waals surface area contributed by atoms with E-state index in [1.54, 1.807) is 0 Å². The fourth-order valence-corrected chi connectivity index (χ4v) is 21.5. The van der Waals surface area contributed by atoms with E-state index < -0.39 is 25.3 Å². The van der Waals surface area contributed by atoms with Gasteiger partial charge in [0, 0.05) is 0 Å². The number of hydrogen-bond donors (Lipinski definition) is 0. The van der Waals surface area contributed by atoms with E-state index in [0.717, 1.165) is 0 Å². The van der Waals surface area contributed by atoms with Gasteiger partial charge in [0.15, 0.2) is 0 Å². The van der Waals surface area contributed by atoms with Crippen molar-refractivity contribution < 1.29 is 20.0 Å². The Labute approximate surface area is 121 Å². The van der Waals surface area contributed by atoms with Crippen molar-refractivity contribution in [2.75, 3.05) is 0 Å². The molecule has 0 aliphatic carbocycles. The second-order valence-electron chi connectivity index (χ2n) is 9.65. The molecule has 3 heteroatoms. The zero-order valence-corrected chi connectivity index (χ0v) is 17.5. The van der Waals surface area contributed by atoms with Crippen LogP contribution in [-0.2, 0) is 20.0 Å². The predicted molar refractivity (Wildman–Crippen MR) is 83.6 cm³/mol. The molecule has 18 heavy (non-hydrogen) atoms. The minimum absolute atomic E-state index is 0.252. The number of rotatable bonds is 2. The van der Waals surface area contributed by atoms with Crippen molar-refractivity contribution in [1.82, 2.24) is 0 Å². The van der Waals surface area contributed by atoms with Gasteiger partial charge in [0.05, 0.1) is 0 Å². The van der Waals surface area contributed by atoms with Crippen LogP contribution in [0, 0.1) is 0 Å². The van der Waals surface area contributed by atoms with Crippen LogP contribution in [0.3, 0.4) is 0 Å². The average molecular weight is 308 g/mol. The van der Waals surface area contributed by atoms with Crippen LogP contribution in [0.15, 0.2) is 0 Å². The third-order valence-electron chi connectivity index (χ3n) is 3.63. The van der Waals surface area contributed by atoms with Gasteiger partial charge in [-0.1, -0.05) is 0 Å². The van der Waals surface area contributed by atoms with Gasteiger partial charge >= 0.3 is 121 Å². The quantitative estimate of drug-likeness (QED) is 0.525. The van der Waals surface area contributed by atoms with Crippen molar-refractivity contribution in [3.05, 3.63) is 0 Å². The molecular weight excluding hydrogens is 272 g/mol. The van der Waals surface area contributed by atoms with Gasteiger partial charge in [-0.05, 0) is 0 Å². The molecule has 0 fully saturated rings. The van der Waals surface area contributed by atoms with Gasteiger partial charge in [-0.15, -0.1) is 0 Å². The molecule has 0 bridgehead atoms. The molecule has 0 aromatic rings. The Hall–Kier alpha value is 0.891. The van der Waals surface area contributed by atoms with Crippen LogP contribution >= 0.6 is 0 Å². The normalized spacial score (nSPS) is 16.0. The zero-order valence-electron chi connectivity index (χ0n) is 14.9. The van der Waals surface area contributed by atoms with Gasteiger partial charge in [0.2, 0.25) is 0 Å². The Bertz CT molecular complexity index is 248. The third kappa shape index (κ3) is 3.71. The van der Waals surface area contributed by atoms with E-state index in [1.165, 1.54) is 0 Å². The van der Waals surface area contributed by atoms with Crippen LogP contribution in [0.5, 0.6) is 0 Å². The summed E-state index contributed by atoms with van der Waals surface area (Å²) in [4.78, 5) is 0. The van der Waals surface area contributed by atoms with E-state index in [0.29, 0.717) is 0 Å². The molecule has 0 spiro atoms. The Morgan fingerprint density at radius 2 is 0.833 bits per heavy atom. The van der Waals surface area contributed by atoms with Crippen molar-refractivity contribution in [3.8, 4) is 0 Å². The van der Waals surface area contributed by atoms with E-state index >= 15 is 0 Å². The average Bonchev–Trinajstić information content (AvgIpc) is 1.90. The van der Waals surface area contributed by atoms with Crippen molar-refractivity contribution >= 4 is 8.32 Å².